The SMILES string of the molecule is CC.Cc1ncc(-c2cc(O)c(-c3ccc(N4CCC(NC5(C)CCC5)C4)nn3)cc2F)s1. The molecule has 1 saturated carbocycles. The van der Waals surface area contributed by atoms with E-state index < -0.39 is 5.82 Å². The van der Waals surface area contributed by atoms with Gasteiger partial charge in [-0.3, -0.25) is 0 Å². The number of thiazole rings is 1. The van der Waals surface area contributed by atoms with Gasteiger partial charge in [-0.2, -0.15) is 0 Å². The molecule has 1 atom stereocenters. The number of hydrogen-bond acceptors (Lipinski definition) is 7. The van der Waals surface area contributed by atoms with E-state index in [0.29, 0.717) is 33.3 Å². The quantitative estimate of drug-likeness (QED) is 0.510. The topological polar surface area (TPSA) is 74.2 Å². The number of nitrogens with one attached hydrogen (secondary N) is 1. The fraction of sp³-hybridized carbons (Fsp3) is 0.480. The van der Waals surface area contributed by atoms with Gasteiger partial charge in [-0.1, -0.05) is 13.8 Å². The lowest BCUT2D eigenvalue weighted by Crippen LogP contribution is -2.53. The molecule has 8 heteroatoms. The van der Waals surface area contributed by atoms with Crippen molar-refractivity contribution < 1.29 is 9.50 Å². The first-order chi connectivity index (χ1) is 15.9. The van der Waals surface area contributed by atoms with Crippen molar-refractivity contribution in [2.24, 2.45) is 0 Å². The summed E-state index contributed by atoms with van der Waals surface area (Å²) < 4.78 is 14.8. The largest absolute Gasteiger partial charge is 0.507 e. The Balaban J connectivity index is 0.00000126. The van der Waals surface area contributed by atoms with Gasteiger partial charge in [-0.25, -0.2) is 9.37 Å². The van der Waals surface area contributed by atoms with E-state index in [1.54, 1.807) is 12.3 Å². The molecule has 0 radical (unpaired) electrons. The highest BCUT2D eigenvalue weighted by Crippen LogP contribution is 2.37. The second-order valence-electron chi connectivity index (χ2n) is 8.86. The van der Waals surface area contributed by atoms with Crippen molar-refractivity contribution in [1.29, 1.82) is 0 Å². The molecule has 176 valence electrons. The third kappa shape index (κ3) is 5.01. The molecular formula is C25H32FN5OS. The number of rotatable bonds is 5. The molecule has 2 fully saturated rings. The summed E-state index contributed by atoms with van der Waals surface area (Å²) in [5, 5.41) is 23.8. The highest BCUT2D eigenvalue weighted by Gasteiger charge is 2.35. The van der Waals surface area contributed by atoms with Gasteiger partial charge < -0.3 is 15.3 Å². The van der Waals surface area contributed by atoms with E-state index in [2.05, 4.69) is 32.3 Å². The first-order valence-corrected chi connectivity index (χ1v) is 12.5. The summed E-state index contributed by atoms with van der Waals surface area (Å²) in [6, 6.07) is 6.91. The zero-order valence-electron chi connectivity index (χ0n) is 19.7. The van der Waals surface area contributed by atoms with Gasteiger partial charge in [0.2, 0.25) is 0 Å². The number of anilines is 1. The molecule has 3 heterocycles. The Morgan fingerprint density at radius 2 is 1.97 bits per heavy atom. The van der Waals surface area contributed by atoms with Crippen molar-refractivity contribution in [3.63, 3.8) is 0 Å². The highest BCUT2D eigenvalue weighted by atomic mass is 32.1. The van der Waals surface area contributed by atoms with Crippen LogP contribution in [-0.4, -0.2) is 45.0 Å². The Morgan fingerprint density at radius 1 is 1.18 bits per heavy atom. The van der Waals surface area contributed by atoms with Crippen molar-refractivity contribution in [1.82, 2.24) is 20.5 Å². The first kappa shape index (κ1) is 23.6. The minimum atomic E-state index is -0.416. The molecule has 3 aromatic rings. The van der Waals surface area contributed by atoms with Gasteiger partial charge in [0, 0.05) is 42.0 Å². The van der Waals surface area contributed by atoms with Crippen LogP contribution in [0.4, 0.5) is 10.2 Å². The summed E-state index contributed by atoms with van der Waals surface area (Å²) in [6.45, 7) is 10.0. The third-order valence-electron chi connectivity index (χ3n) is 6.42. The van der Waals surface area contributed by atoms with Crippen molar-refractivity contribution in [3.8, 4) is 27.4 Å². The summed E-state index contributed by atoms with van der Waals surface area (Å²) in [4.78, 5) is 7.08. The van der Waals surface area contributed by atoms with Gasteiger partial charge in [-0.05, 0) is 63.8 Å². The Kier molecular flexibility index (Phi) is 6.95. The maximum Gasteiger partial charge on any atom is 0.151 e. The average Bonchev–Trinajstić information content (AvgIpc) is 3.44. The van der Waals surface area contributed by atoms with E-state index in [1.165, 1.54) is 42.7 Å². The van der Waals surface area contributed by atoms with Crippen molar-refractivity contribution >= 4 is 17.2 Å². The molecule has 1 aliphatic carbocycles. The smallest absolute Gasteiger partial charge is 0.151 e. The molecule has 0 bridgehead atoms. The number of benzene rings is 1. The van der Waals surface area contributed by atoms with Crippen LogP contribution in [0.15, 0.2) is 30.5 Å². The summed E-state index contributed by atoms with van der Waals surface area (Å²) >= 11 is 1.39. The number of halogens is 1. The molecule has 1 unspecified atom stereocenters. The van der Waals surface area contributed by atoms with Crippen LogP contribution in [0.2, 0.25) is 0 Å². The first-order valence-electron chi connectivity index (χ1n) is 11.7. The molecule has 6 nitrogen and oxygen atoms in total. The van der Waals surface area contributed by atoms with E-state index in [9.17, 15) is 9.50 Å². The standard InChI is InChI=1S/C23H26FN5OS.C2H6/c1-14-25-12-21(31-14)16-11-20(30)17(10-18(16)24)19-4-5-22(28-27-19)29-9-6-15(13-29)26-23(2)7-3-8-23;1-2/h4-5,10-12,15,26,30H,3,6-9,13H2,1-2H3;1-2H3. The van der Waals surface area contributed by atoms with Crippen LogP contribution in [0.3, 0.4) is 0 Å². The van der Waals surface area contributed by atoms with Gasteiger partial charge in [0.15, 0.2) is 5.82 Å². The summed E-state index contributed by atoms with van der Waals surface area (Å²) in [7, 11) is 0. The van der Waals surface area contributed by atoms with Gasteiger partial charge in [0.1, 0.15) is 11.6 Å². The minimum Gasteiger partial charge on any atom is -0.507 e. The lowest BCUT2D eigenvalue weighted by atomic mass is 9.78. The molecule has 2 aromatic heterocycles. The van der Waals surface area contributed by atoms with Gasteiger partial charge in [0.05, 0.1) is 15.6 Å². The van der Waals surface area contributed by atoms with Crippen LogP contribution in [0, 0.1) is 12.7 Å². The van der Waals surface area contributed by atoms with Gasteiger partial charge >= 0.3 is 0 Å². The zero-order chi connectivity index (χ0) is 23.6. The zero-order valence-corrected chi connectivity index (χ0v) is 20.5. The lowest BCUT2D eigenvalue weighted by Gasteiger charge is -2.41. The monoisotopic (exact) mass is 469 g/mol. The van der Waals surface area contributed by atoms with Crippen LogP contribution in [-0.2, 0) is 0 Å². The maximum atomic E-state index is 14.8. The maximum absolute atomic E-state index is 14.8. The van der Waals surface area contributed by atoms with Crippen LogP contribution < -0.4 is 10.2 Å². The number of hydrogen-bond donors (Lipinski definition) is 2. The van der Waals surface area contributed by atoms with Crippen LogP contribution in [0.1, 0.15) is 51.5 Å². The van der Waals surface area contributed by atoms with Gasteiger partial charge in [0.25, 0.3) is 0 Å². The number of phenols is 1. The molecule has 1 saturated heterocycles. The lowest BCUT2D eigenvalue weighted by molar-refractivity contribution is 0.189. The number of aromatic hydroxyl groups is 1. The second-order valence-corrected chi connectivity index (χ2v) is 10.1. The molecule has 1 aliphatic heterocycles. The number of nitrogens with zero attached hydrogens (tertiary/aromatic N) is 4. The average molecular weight is 470 g/mol. The van der Waals surface area contributed by atoms with Crippen molar-refractivity contribution in [2.45, 2.75) is 65.0 Å². The van der Waals surface area contributed by atoms with Crippen molar-refractivity contribution in [2.75, 3.05) is 18.0 Å². The minimum absolute atomic E-state index is 0.0244. The van der Waals surface area contributed by atoms with E-state index in [1.807, 2.05) is 26.8 Å². The summed E-state index contributed by atoms with van der Waals surface area (Å²) in [5.41, 5.74) is 1.41. The van der Waals surface area contributed by atoms with E-state index in [0.717, 1.165) is 30.3 Å². The molecule has 0 amide bonds. The van der Waals surface area contributed by atoms with Crippen LogP contribution in [0.5, 0.6) is 5.75 Å². The van der Waals surface area contributed by atoms with Crippen LogP contribution >= 0.6 is 11.3 Å². The molecule has 0 spiro atoms. The van der Waals surface area contributed by atoms with E-state index >= 15 is 0 Å². The van der Waals surface area contributed by atoms with E-state index in [4.69, 9.17) is 0 Å². The predicted molar refractivity (Wildman–Crippen MR) is 132 cm³/mol. The highest BCUT2D eigenvalue weighted by molar-refractivity contribution is 7.15. The Morgan fingerprint density at radius 3 is 2.58 bits per heavy atom. The molecule has 2 N–H and O–H groups in total. The fourth-order valence-corrected chi connectivity index (χ4v) is 5.31. The predicted octanol–water partition coefficient (Wildman–Crippen LogP) is 5.56. The molecule has 33 heavy (non-hydrogen) atoms. The number of aromatic nitrogens is 3. The molecule has 2 aliphatic rings. The molecular weight excluding hydrogens is 437 g/mol. The van der Waals surface area contributed by atoms with Crippen LogP contribution in [0.25, 0.3) is 21.7 Å². The summed E-state index contributed by atoms with van der Waals surface area (Å²) in [6.07, 6.45) is 6.52. The van der Waals surface area contributed by atoms with Crippen molar-refractivity contribution in [3.05, 3.63) is 41.3 Å². The normalized spacial score (nSPS) is 19.1. The number of phenolic OH excluding ortho intramolecular Hbond substituents is 1. The summed E-state index contributed by atoms with van der Waals surface area (Å²) in [5.74, 6) is 0.368. The number of aryl methyl sites for hydroxylation is 1. The second kappa shape index (κ2) is 9.73. The molecule has 5 rings (SSSR count). The molecule has 1 aromatic carbocycles. The Labute approximate surface area is 198 Å². The van der Waals surface area contributed by atoms with Gasteiger partial charge in [-0.15, -0.1) is 21.5 Å². The fourth-order valence-electron chi connectivity index (χ4n) is 4.51. The Bertz CT molecular complexity index is 1100. The third-order valence-corrected chi connectivity index (χ3v) is 7.37. The van der Waals surface area contributed by atoms with E-state index in [-0.39, 0.29) is 5.75 Å². The Hall–Kier alpha value is -2.58.